The zero-order valence-electron chi connectivity index (χ0n) is 5.57. The minimum Gasteiger partial charge on any atom is -0.424 e. The second-order valence-corrected chi connectivity index (χ2v) is 4.53. The molecule has 9 heavy (non-hydrogen) atoms. The van der Waals surface area contributed by atoms with Gasteiger partial charge in [-0.2, -0.15) is 0 Å². The fraction of sp³-hybridized carbons (Fsp3) is 1.00. The molecule has 0 aromatic heterocycles. The smallest absolute Gasteiger partial charge is 0.161 e. The highest BCUT2D eigenvalue weighted by atomic mass is 35.5. The third-order valence-corrected chi connectivity index (χ3v) is 2.75. The van der Waals surface area contributed by atoms with Gasteiger partial charge in [0.05, 0.1) is 0 Å². The molecule has 0 saturated heterocycles. The topological polar surface area (TPSA) is 9.23 Å². The second kappa shape index (κ2) is 6.87. The van der Waals surface area contributed by atoms with Crippen LogP contribution in [0.4, 0.5) is 0 Å². The molecule has 0 rings (SSSR count). The molecule has 0 spiro atoms. The summed E-state index contributed by atoms with van der Waals surface area (Å²) in [5, 5.41) is 0. The molecule has 0 N–H and O–H groups in total. The fourth-order valence-corrected chi connectivity index (χ4v) is 2.38. The van der Waals surface area contributed by atoms with Gasteiger partial charge >= 0.3 is 0 Å². The molecule has 4 heteroatoms. The van der Waals surface area contributed by atoms with Crippen LogP contribution in [0.5, 0.6) is 0 Å². The van der Waals surface area contributed by atoms with Crippen LogP contribution in [0.15, 0.2) is 0 Å². The Bertz CT molecular complexity index is 60.9. The Hall–Kier alpha value is 0.757. The average Bonchev–Trinajstić information content (AvgIpc) is 1.80. The van der Waals surface area contributed by atoms with Crippen molar-refractivity contribution in [1.29, 1.82) is 0 Å². The van der Waals surface area contributed by atoms with Crippen molar-refractivity contribution >= 4 is 33.0 Å². The highest BCUT2D eigenvalue weighted by Gasteiger charge is 1.97. The van der Waals surface area contributed by atoms with E-state index in [2.05, 4.69) is 0 Å². The van der Waals surface area contributed by atoms with Crippen LogP contribution in [0, 0.1) is 0 Å². The van der Waals surface area contributed by atoms with Crippen LogP contribution in [0.25, 0.3) is 0 Å². The standard InChI is InChI=1S/C5H12Cl2OSi/c1-2-8-9-4-3-5(6)7/h5H,2-4,9H2,1H3. The average molecular weight is 187 g/mol. The first-order valence-electron chi connectivity index (χ1n) is 3.13. The SMILES string of the molecule is CCO[SiH2]CCC(Cl)Cl. The molecule has 0 bridgehead atoms. The van der Waals surface area contributed by atoms with Crippen molar-refractivity contribution < 1.29 is 4.43 Å². The van der Waals surface area contributed by atoms with Crippen LogP contribution in [0.2, 0.25) is 6.04 Å². The Morgan fingerprint density at radius 2 is 2.22 bits per heavy atom. The van der Waals surface area contributed by atoms with Gasteiger partial charge < -0.3 is 4.43 Å². The van der Waals surface area contributed by atoms with E-state index in [1.54, 1.807) is 0 Å². The molecule has 0 aliphatic carbocycles. The van der Waals surface area contributed by atoms with E-state index in [1.165, 1.54) is 0 Å². The predicted octanol–water partition coefficient (Wildman–Crippen LogP) is 1.72. The van der Waals surface area contributed by atoms with Crippen molar-refractivity contribution in [1.82, 2.24) is 0 Å². The van der Waals surface area contributed by atoms with E-state index in [4.69, 9.17) is 27.6 Å². The van der Waals surface area contributed by atoms with Gasteiger partial charge in [0, 0.05) is 6.61 Å². The molecule has 0 aromatic rings. The molecule has 0 aliphatic rings. The Labute approximate surface area is 68.6 Å². The third-order valence-electron chi connectivity index (χ3n) is 0.915. The van der Waals surface area contributed by atoms with Gasteiger partial charge in [-0.15, -0.1) is 23.2 Å². The zero-order chi connectivity index (χ0) is 7.11. The van der Waals surface area contributed by atoms with Gasteiger partial charge in [0.2, 0.25) is 0 Å². The maximum Gasteiger partial charge on any atom is 0.161 e. The van der Waals surface area contributed by atoms with Crippen LogP contribution in [0.3, 0.4) is 0 Å². The Morgan fingerprint density at radius 1 is 1.56 bits per heavy atom. The summed E-state index contributed by atoms with van der Waals surface area (Å²) in [5.41, 5.74) is 0. The lowest BCUT2D eigenvalue weighted by Gasteiger charge is -1.99. The van der Waals surface area contributed by atoms with Crippen molar-refractivity contribution in [2.75, 3.05) is 6.61 Å². The zero-order valence-corrected chi connectivity index (χ0v) is 8.50. The monoisotopic (exact) mass is 186 g/mol. The summed E-state index contributed by atoms with van der Waals surface area (Å²) in [6.07, 6.45) is 0.884. The minimum atomic E-state index is -0.300. The van der Waals surface area contributed by atoms with E-state index in [0.717, 1.165) is 19.1 Å². The molecule has 0 unspecified atom stereocenters. The molecule has 0 fully saturated rings. The Morgan fingerprint density at radius 3 is 2.67 bits per heavy atom. The van der Waals surface area contributed by atoms with E-state index in [1.807, 2.05) is 6.92 Å². The fourth-order valence-electron chi connectivity index (χ4n) is 0.484. The minimum absolute atomic E-state index is 0.196. The molecule has 0 saturated carbocycles. The first kappa shape index (κ1) is 9.76. The first-order valence-corrected chi connectivity index (χ1v) is 5.58. The summed E-state index contributed by atoms with van der Waals surface area (Å²) in [7, 11) is -0.300. The quantitative estimate of drug-likeness (QED) is 0.361. The van der Waals surface area contributed by atoms with Crippen molar-refractivity contribution in [3.8, 4) is 0 Å². The van der Waals surface area contributed by atoms with Crippen molar-refractivity contribution in [3.63, 3.8) is 0 Å². The third kappa shape index (κ3) is 8.76. The van der Waals surface area contributed by atoms with Gasteiger partial charge in [0.25, 0.3) is 0 Å². The van der Waals surface area contributed by atoms with Crippen LogP contribution >= 0.6 is 23.2 Å². The lowest BCUT2D eigenvalue weighted by molar-refractivity contribution is 0.359. The number of rotatable bonds is 5. The van der Waals surface area contributed by atoms with Gasteiger partial charge in [-0.25, -0.2) is 0 Å². The molecular formula is C5H12Cl2OSi. The number of hydrogen-bond donors (Lipinski definition) is 0. The second-order valence-electron chi connectivity index (χ2n) is 1.73. The van der Waals surface area contributed by atoms with Gasteiger partial charge in [0.1, 0.15) is 4.84 Å². The number of alkyl halides is 2. The van der Waals surface area contributed by atoms with Gasteiger partial charge in [-0.1, -0.05) is 0 Å². The maximum absolute atomic E-state index is 5.49. The highest BCUT2D eigenvalue weighted by molar-refractivity contribution is 6.44. The van der Waals surface area contributed by atoms with E-state index in [9.17, 15) is 0 Å². The van der Waals surface area contributed by atoms with Gasteiger partial charge in [0.15, 0.2) is 9.76 Å². The molecule has 0 radical (unpaired) electrons. The molecule has 0 atom stereocenters. The summed E-state index contributed by atoms with van der Waals surface area (Å²) in [5.74, 6) is 0. The van der Waals surface area contributed by atoms with E-state index in [0.29, 0.717) is 0 Å². The van der Waals surface area contributed by atoms with Gasteiger partial charge in [-0.05, 0) is 19.4 Å². The van der Waals surface area contributed by atoms with Crippen LogP contribution < -0.4 is 0 Å². The van der Waals surface area contributed by atoms with Crippen LogP contribution in [-0.4, -0.2) is 21.2 Å². The summed E-state index contributed by atoms with van der Waals surface area (Å²) in [6.45, 7) is 2.84. The Balaban J connectivity index is 2.75. The predicted molar refractivity (Wildman–Crippen MR) is 45.1 cm³/mol. The lowest BCUT2D eigenvalue weighted by Crippen LogP contribution is -1.99. The molecule has 0 amide bonds. The number of halogens is 2. The molecule has 0 heterocycles. The van der Waals surface area contributed by atoms with E-state index < -0.39 is 0 Å². The van der Waals surface area contributed by atoms with E-state index in [-0.39, 0.29) is 14.6 Å². The summed E-state index contributed by atoms with van der Waals surface area (Å²) in [6, 6.07) is 1.09. The highest BCUT2D eigenvalue weighted by Crippen LogP contribution is 2.08. The first-order chi connectivity index (χ1) is 4.27. The Kier molecular flexibility index (Phi) is 7.45. The molecule has 1 nitrogen and oxygen atoms in total. The van der Waals surface area contributed by atoms with E-state index >= 15 is 0 Å². The van der Waals surface area contributed by atoms with Gasteiger partial charge in [-0.3, -0.25) is 0 Å². The van der Waals surface area contributed by atoms with Crippen molar-refractivity contribution in [3.05, 3.63) is 0 Å². The summed E-state index contributed by atoms with van der Waals surface area (Å²) < 4.78 is 5.21. The largest absolute Gasteiger partial charge is 0.424 e. The van der Waals surface area contributed by atoms with Crippen LogP contribution in [0.1, 0.15) is 13.3 Å². The molecular weight excluding hydrogens is 175 g/mol. The van der Waals surface area contributed by atoms with Crippen molar-refractivity contribution in [2.24, 2.45) is 0 Å². The summed E-state index contributed by atoms with van der Waals surface area (Å²) in [4.78, 5) is -0.196. The molecule has 0 aliphatic heterocycles. The lowest BCUT2D eigenvalue weighted by atomic mass is 10.6. The number of hydrogen-bond acceptors (Lipinski definition) is 1. The van der Waals surface area contributed by atoms with Crippen LogP contribution in [-0.2, 0) is 4.43 Å². The maximum atomic E-state index is 5.49. The molecule has 56 valence electrons. The van der Waals surface area contributed by atoms with Crippen molar-refractivity contribution in [2.45, 2.75) is 24.2 Å². The normalized spacial score (nSPS) is 12.0. The molecule has 0 aromatic carbocycles. The summed E-state index contributed by atoms with van der Waals surface area (Å²) >= 11 is 11.0.